The van der Waals surface area contributed by atoms with Gasteiger partial charge in [-0.15, -0.1) is 12.4 Å². The van der Waals surface area contributed by atoms with E-state index in [-0.39, 0.29) is 35.1 Å². The van der Waals surface area contributed by atoms with Crippen LogP contribution in [-0.4, -0.2) is 28.2 Å². The fourth-order valence-electron chi connectivity index (χ4n) is 3.02. The highest BCUT2D eigenvalue weighted by Gasteiger charge is 2.34. The number of fused-ring (bicyclic) bond motifs is 1. The van der Waals surface area contributed by atoms with Gasteiger partial charge in [-0.3, -0.25) is 9.59 Å². The Hall–Kier alpha value is -1.92. The number of benzene rings is 1. The van der Waals surface area contributed by atoms with Crippen LogP contribution in [-0.2, 0) is 0 Å². The predicted octanol–water partition coefficient (Wildman–Crippen LogP) is 1.35. The molecule has 1 heterocycles. The zero-order valence-corrected chi connectivity index (χ0v) is 12.9. The summed E-state index contributed by atoms with van der Waals surface area (Å²) in [6.45, 7) is 0.417. The largest absolute Gasteiger partial charge is 0.344 e. The minimum Gasteiger partial charge on any atom is -0.344 e. The zero-order chi connectivity index (χ0) is 14.9. The molecule has 0 aliphatic heterocycles. The van der Waals surface area contributed by atoms with Gasteiger partial charge in [0.2, 0.25) is 0 Å². The monoisotopic (exact) mass is 322 g/mol. The Morgan fingerprint density at radius 3 is 2.55 bits per heavy atom. The van der Waals surface area contributed by atoms with Crippen LogP contribution in [0.1, 0.15) is 36.2 Å². The molecule has 0 atom stereocenters. The highest BCUT2D eigenvalue weighted by molar-refractivity contribution is 6.05. The number of halogens is 1. The molecule has 6 nitrogen and oxygen atoms in total. The Labute approximate surface area is 133 Å². The highest BCUT2D eigenvalue weighted by Crippen LogP contribution is 2.29. The molecule has 0 unspecified atom stereocenters. The molecule has 118 valence electrons. The van der Waals surface area contributed by atoms with E-state index in [4.69, 9.17) is 5.73 Å². The molecule has 0 radical (unpaired) electrons. The number of carbonyl (C=O) groups is 1. The Bertz CT molecular complexity index is 738. The molecular weight excluding hydrogens is 304 g/mol. The summed E-state index contributed by atoms with van der Waals surface area (Å²) in [6, 6.07) is 6.96. The molecule has 1 aliphatic rings. The number of hydrogen-bond donors (Lipinski definition) is 3. The van der Waals surface area contributed by atoms with Gasteiger partial charge in [-0.25, -0.2) is 5.10 Å². The van der Waals surface area contributed by atoms with E-state index in [0.29, 0.717) is 17.3 Å². The lowest BCUT2D eigenvalue weighted by molar-refractivity contribution is 0.0899. The average Bonchev–Trinajstić information content (AvgIpc) is 2.97. The number of aromatic amines is 1. The van der Waals surface area contributed by atoms with Crippen LogP contribution in [0.25, 0.3) is 10.8 Å². The van der Waals surface area contributed by atoms with Crippen molar-refractivity contribution in [1.29, 1.82) is 0 Å². The van der Waals surface area contributed by atoms with Crippen molar-refractivity contribution < 1.29 is 4.79 Å². The molecule has 1 aromatic heterocycles. The van der Waals surface area contributed by atoms with Crippen LogP contribution in [0, 0.1) is 0 Å². The molecule has 7 heteroatoms. The van der Waals surface area contributed by atoms with Crippen LogP contribution in [0.5, 0.6) is 0 Å². The van der Waals surface area contributed by atoms with Gasteiger partial charge in [0, 0.05) is 11.9 Å². The van der Waals surface area contributed by atoms with Crippen molar-refractivity contribution in [3.05, 3.63) is 40.3 Å². The predicted molar refractivity (Wildman–Crippen MR) is 87.3 cm³/mol. The van der Waals surface area contributed by atoms with Gasteiger partial charge in [-0.2, -0.15) is 5.10 Å². The van der Waals surface area contributed by atoms with E-state index < -0.39 is 0 Å². The number of carbonyl (C=O) groups excluding carboxylic acids is 1. The second-order valence-electron chi connectivity index (χ2n) is 5.59. The fourth-order valence-corrected chi connectivity index (χ4v) is 3.02. The van der Waals surface area contributed by atoms with E-state index in [0.717, 1.165) is 25.7 Å². The van der Waals surface area contributed by atoms with Gasteiger partial charge in [0.15, 0.2) is 5.69 Å². The van der Waals surface area contributed by atoms with Crippen molar-refractivity contribution in [2.45, 2.75) is 31.2 Å². The summed E-state index contributed by atoms with van der Waals surface area (Å²) in [5, 5.41) is 10.3. The van der Waals surface area contributed by atoms with Crippen LogP contribution >= 0.6 is 12.4 Å². The van der Waals surface area contributed by atoms with Crippen LogP contribution in [0.2, 0.25) is 0 Å². The number of amides is 1. The maximum absolute atomic E-state index is 12.5. The molecular formula is C15H19ClN4O2. The number of H-pyrrole nitrogens is 1. The standard InChI is InChI=1S/C15H18N4O2.ClH/c16-9-15(7-3-4-8-15)17-14(21)12-10-5-1-2-6-11(10)13(20)19-18-12;/h1-2,5-6H,3-4,7-9,16H2,(H,17,21)(H,19,20);1H. The first-order valence-corrected chi connectivity index (χ1v) is 7.15. The third-order valence-electron chi connectivity index (χ3n) is 4.24. The minimum atomic E-state index is -0.337. The SMILES string of the molecule is Cl.NCC1(NC(=O)c2n[nH]c(=O)c3ccccc23)CCCC1. The average molecular weight is 323 g/mol. The van der Waals surface area contributed by atoms with Crippen molar-refractivity contribution in [2.24, 2.45) is 5.73 Å². The Balaban J connectivity index is 0.00000176. The maximum atomic E-state index is 12.5. The smallest absolute Gasteiger partial charge is 0.272 e. The van der Waals surface area contributed by atoms with Crippen molar-refractivity contribution >= 4 is 29.1 Å². The van der Waals surface area contributed by atoms with Gasteiger partial charge in [0.25, 0.3) is 11.5 Å². The first kappa shape index (κ1) is 16.5. The topological polar surface area (TPSA) is 101 Å². The van der Waals surface area contributed by atoms with Crippen LogP contribution in [0.4, 0.5) is 0 Å². The number of nitrogens with zero attached hydrogens (tertiary/aromatic N) is 1. The highest BCUT2D eigenvalue weighted by atomic mass is 35.5. The Kier molecular flexibility index (Phi) is 4.83. The van der Waals surface area contributed by atoms with Gasteiger partial charge in [0.05, 0.1) is 10.9 Å². The van der Waals surface area contributed by atoms with Crippen molar-refractivity contribution in [3.63, 3.8) is 0 Å². The molecule has 2 aromatic rings. The third-order valence-corrected chi connectivity index (χ3v) is 4.24. The number of nitrogens with two attached hydrogens (primary N) is 1. The number of aromatic nitrogens is 2. The molecule has 0 bridgehead atoms. The van der Waals surface area contributed by atoms with Gasteiger partial charge >= 0.3 is 0 Å². The van der Waals surface area contributed by atoms with E-state index in [2.05, 4.69) is 15.5 Å². The number of hydrogen-bond acceptors (Lipinski definition) is 4. The molecule has 1 aromatic carbocycles. The normalized spacial score (nSPS) is 16.2. The summed E-state index contributed by atoms with van der Waals surface area (Å²) >= 11 is 0. The van der Waals surface area contributed by atoms with E-state index in [9.17, 15) is 9.59 Å². The second-order valence-corrected chi connectivity index (χ2v) is 5.59. The van der Waals surface area contributed by atoms with E-state index in [1.807, 2.05) is 0 Å². The quantitative estimate of drug-likeness (QED) is 0.794. The Morgan fingerprint density at radius 1 is 1.27 bits per heavy atom. The number of rotatable bonds is 3. The van der Waals surface area contributed by atoms with Crippen molar-refractivity contribution in [1.82, 2.24) is 15.5 Å². The van der Waals surface area contributed by atoms with E-state index in [1.54, 1.807) is 24.3 Å². The molecule has 22 heavy (non-hydrogen) atoms. The molecule has 1 saturated carbocycles. The fraction of sp³-hybridized carbons (Fsp3) is 0.400. The molecule has 0 spiro atoms. The maximum Gasteiger partial charge on any atom is 0.272 e. The summed E-state index contributed by atoms with van der Waals surface area (Å²) in [7, 11) is 0. The molecule has 0 saturated heterocycles. The lowest BCUT2D eigenvalue weighted by atomic mass is 9.97. The Morgan fingerprint density at radius 2 is 1.91 bits per heavy atom. The zero-order valence-electron chi connectivity index (χ0n) is 12.1. The molecule has 3 rings (SSSR count). The van der Waals surface area contributed by atoms with Gasteiger partial charge in [-0.05, 0) is 18.9 Å². The van der Waals surface area contributed by atoms with Crippen LogP contribution in [0.3, 0.4) is 0 Å². The summed E-state index contributed by atoms with van der Waals surface area (Å²) in [5.41, 5.74) is 5.45. The first-order chi connectivity index (χ1) is 10.2. The lowest BCUT2D eigenvalue weighted by Gasteiger charge is -2.28. The third kappa shape index (κ3) is 2.84. The van der Waals surface area contributed by atoms with Gasteiger partial charge < -0.3 is 11.1 Å². The lowest BCUT2D eigenvalue weighted by Crippen LogP contribution is -2.52. The summed E-state index contributed by atoms with van der Waals surface area (Å²) in [4.78, 5) is 24.3. The van der Waals surface area contributed by atoms with Gasteiger partial charge in [0.1, 0.15) is 0 Å². The second kappa shape index (κ2) is 6.46. The van der Waals surface area contributed by atoms with Crippen molar-refractivity contribution in [2.75, 3.05) is 6.54 Å². The van der Waals surface area contributed by atoms with E-state index >= 15 is 0 Å². The summed E-state index contributed by atoms with van der Waals surface area (Å²) < 4.78 is 0. The molecule has 1 amide bonds. The van der Waals surface area contributed by atoms with Crippen LogP contribution in [0.15, 0.2) is 29.1 Å². The molecule has 4 N–H and O–H groups in total. The van der Waals surface area contributed by atoms with Crippen LogP contribution < -0.4 is 16.6 Å². The summed E-state index contributed by atoms with van der Waals surface area (Å²) in [5.74, 6) is -0.283. The van der Waals surface area contributed by atoms with Gasteiger partial charge in [-0.1, -0.05) is 31.0 Å². The molecule has 1 fully saturated rings. The van der Waals surface area contributed by atoms with E-state index in [1.165, 1.54) is 0 Å². The molecule has 1 aliphatic carbocycles. The number of nitrogens with one attached hydrogen (secondary N) is 2. The summed E-state index contributed by atoms with van der Waals surface area (Å²) in [6.07, 6.45) is 3.90. The first-order valence-electron chi connectivity index (χ1n) is 7.15. The van der Waals surface area contributed by atoms with Crippen molar-refractivity contribution in [3.8, 4) is 0 Å². The minimum absolute atomic E-state index is 0.